The van der Waals surface area contributed by atoms with Crippen molar-refractivity contribution in [1.29, 1.82) is 0 Å². The molecule has 0 aromatic heterocycles. The largest absolute Gasteiger partial charge is 0.493 e. The molecule has 0 radical (unpaired) electrons. The Hall–Kier alpha value is -1.72. The third kappa shape index (κ3) is 1.81. The molecule has 7 atom stereocenters. The fourth-order valence-electron chi connectivity index (χ4n) is 7.98. The first-order valence-corrected chi connectivity index (χ1v) is 11.3. The van der Waals surface area contributed by atoms with Crippen molar-refractivity contribution in [2.24, 2.45) is 16.3 Å². The van der Waals surface area contributed by atoms with E-state index in [2.05, 4.69) is 53.3 Å². The Morgan fingerprint density at radius 2 is 2.17 bits per heavy atom. The maximum absolute atomic E-state index is 6.91. The van der Waals surface area contributed by atoms with Crippen LogP contribution in [0.4, 0.5) is 0 Å². The lowest BCUT2D eigenvalue weighted by molar-refractivity contribution is -0.216. The van der Waals surface area contributed by atoms with Crippen LogP contribution < -0.4 is 9.47 Å². The van der Waals surface area contributed by atoms with Gasteiger partial charge in [-0.25, -0.2) is 4.99 Å². The summed E-state index contributed by atoms with van der Waals surface area (Å²) >= 11 is 4.97. The Balaban J connectivity index is 1.67. The minimum absolute atomic E-state index is 0.00847. The average molecular weight is 425 g/mol. The van der Waals surface area contributed by atoms with Crippen LogP contribution in [0, 0.1) is 11.3 Å². The van der Waals surface area contributed by atoms with Gasteiger partial charge in [-0.2, -0.15) is 0 Å². The van der Waals surface area contributed by atoms with Crippen molar-refractivity contribution in [2.75, 3.05) is 27.8 Å². The predicted molar refractivity (Wildman–Crippen MR) is 118 cm³/mol. The lowest BCUT2D eigenvalue weighted by Crippen LogP contribution is -2.79. The number of aliphatic imine (C=N–C) groups is 1. The first-order chi connectivity index (χ1) is 14.5. The summed E-state index contributed by atoms with van der Waals surface area (Å²) in [5, 5.41) is 2.62. The second-order valence-corrected chi connectivity index (χ2v) is 9.94. The molecule has 1 saturated carbocycles. The molecule has 2 spiro atoms. The van der Waals surface area contributed by atoms with E-state index in [1.54, 1.807) is 7.11 Å². The number of ether oxygens (including phenoxy) is 3. The normalized spacial score (nSPS) is 42.9. The summed E-state index contributed by atoms with van der Waals surface area (Å²) in [5.41, 5.74) is 2.14. The molecule has 6 aliphatic rings. The third-order valence-electron chi connectivity index (χ3n) is 9.17. The number of thiocarbonyl (C=S) groups is 1. The monoisotopic (exact) mass is 424 g/mol. The minimum atomic E-state index is -0.546. The van der Waals surface area contributed by atoms with E-state index in [1.165, 1.54) is 11.1 Å². The molecule has 0 N–H and O–H groups in total. The van der Waals surface area contributed by atoms with Crippen LogP contribution in [-0.2, 0) is 16.6 Å². The lowest BCUT2D eigenvalue weighted by atomic mass is 9.36. The topological polar surface area (TPSA) is 43.3 Å². The van der Waals surface area contributed by atoms with Crippen LogP contribution in [0.2, 0.25) is 0 Å². The van der Waals surface area contributed by atoms with E-state index in [0.29, 0.717) is 6.04 Å². The van der Waals surface area contributed by atoms with Crippen molar-refractivity contribution in [3.8, 4) is 11.5 Å². The molecule has 1 aromatic rings. The summed E-state index contributed by atoms with van der Waals surface area (Å²) in [6.45, 7) is 3.20. The molecule has 30 heavy (non-hydrogen) atoms. The number of rotatable bonds is 4. The number of likely N-dealkylation sites (tertiary alicyclic amines) is 1. The van der Waals surface area contributed by atoms with Gasteiger partial charge in [0, 0.05) is 30.0 Å². The maximum Gasteiger partial charge on any atom is 0.166 e. The number of hydrogen-bond donors (Lipinski definition) is 0. The first-order valence-electron chi connectivity index (χ1n) is 10.9. The zero-order valence-electron chi connectivity index (χ0n) is 18.0. The van der Waals surface area contributed by atoms with Gasteiger partial charge in [-0.15, -0.1) is 0 Å². The molecule has 2 heterocycles. The summed E-state index contributed by atoms with van der Waals surface area (Å²) in [5.74, 6) is 1.94. The van der Waals surface area contributed by atoms with Crippen LogP contribution in [-0.4, -0.2) is 61.7 Å². The van der Waals surface area contributed by atoms with Crippen LogP contribution in [0.5, 0.6) is 11.5 Å². The lowest BCUT2D eigenvalue weighted by Gasteiger charge is -2.71. The summed E-state index contributed by atoms with van der Waals surface area (Å²) < 4.78 is 19.1. The minimum Gasteiger partial charge on any atom is -0.493 e. The highest BCUT2D eigenvalue weighted by Gasteiger charge is 2.79. The molecular weight excluding hydrogens is 396 g/mol. The highest BCUT2D eigenvalue weighted by Crippen LogP contribution is 2.74. The summed E-state index contributed by atoms with van der Waals surface area (Å²) in [4.78, 5) is 7.07. The number of methoxy groups -OCH3 is 2. The fourth-order valence-corrected chi connectivity index (χ4v) is 8.15. The quantitative estimate of drug-likeness (QED) is 0.421. The molecule has 2 fully saturated rings. The SMILES string of the molecule is COc1ccc2c3c1O[C@H]1[C@@]4(OC)C=C[C@@]5(C[C@@H]4C(C)N=C=S)[C@@H](C2)N(C)CC[C@]315. The molecule has 0 amide bonds. The van der Waals surface area contributed by atoms with Crippen molar-refractivity contribution in [2.45, 2.75) is 55.4 Å². The molecule has 6 heteroatoms. The number of hydrogen-bond acceptors (Lipinski definition) is 6. The molecule has 1 aromatic carbocycles. The smallest absolute Gasteiger partial charge is 0.166 e. The van der Waals surface area contributed by atoms with E-state index in [4.69, 9.17) is 26.4 Å². The Morgan fingerprint density at radius 3 is 2.90 bits per heavy atom. The Bertz CT molecular complexity index is 1020. The zero-order chi connectivity index (χ0) is 20.9. The molecule has 7 rings (SSSR count). The first kappa shape index (κ1) is 19.0. The molecule has 1 unspecified atom stereocenters. The number of benzene rings is 1. The van der Waals surface area contributed by atoms with Gasteiger partial charge in [0.15, 0.2) is 11.5 Å². The van der Waals surface area contributed by atoms with Gasteiger partial charge >= 0.3 is 0 Å². The van der Waals surface area contributed by atoms with Gasteiger partial charge in [-0.3, -0.25) is 0 Å². The molecule has 1 saturated heterocycles. The van der Waals surface area contributed by atoms with Crippen LogP contribution in [0.15, 0.2) is 29.3 Å². The predicted octanol–water partition coefficient (Wildman–Crippen LogP) is 3.41. The van der Waals surface area contributed by atoms with Gasteiger partial charge < -0.3 is 19.1 Å². The highest BCUT2D eigenvalue weighted by molar-refractivity contribution is 7.78. The second-order valence-electron chi connectivity index (χ2n) is 9.75. The van der Waals surface area contributed by atoms with Crippen molar-refractivity contribution in [3.63, 3.8) is 0 Å². The van der Waals surface area contributed by atoms with E-state index >= 15 is 0 Å². The number of nitrogens with zero attached hydrogens (tertiary/aromatic N) is 2. The summed E-state index contributed by atoms with van der Waals surface area (Å²) in [6.07, 6.45) is 7.80. The number of piperidine rings is 1. The summed E-state index contributed by atoms with van der Waals surface area (Å²) in [7, 11) is 5.83. The molecular formula is C24H28N2O3S. The van der Waals surface area contributed by atoms with Crippen LogP contribution >= 0.6 is 12.2 Å². The van der Waals surface area contributed by atoms with E-state index < -0.39 is 5.60 Å². The molecule has 2 aliphatic heterocycles. The third-order valence-corrected chi connectivity index (χ3v) is 9.27. The van der Waals surface area contributed by atoms with Gasteiger partial charge in [0.1, 0.15) is 11.7 Å². The molecule has 5 nitrogen and oxygen atoms in total. The van der Waals surface area contributed by atoms with Gasteiger partial charge in [0.25, 0.3) is 0 Å². The van der Waals surface area contributed by atoms with E-state index in [9.17, 15) is 0 Å². The van der Waals surface area contributed by atoms with Gasteiger partial charge in [0.05, 0.1) is 23.7 Å². The standard InChI is InChI=1S/C24H28N2O3S/c1-14(25-13-30)16-12-22-7-8-24(16,28-4)21-23(22)9-10-26(2)18(22)11-15-5-6-17(27-3)20(29-21)19(15)23/h5-8,14,16,18,21H,9-12H2,1-4H3/t14?,16-,18-,21-,22-,23+,24-/m1/s1. The zero-order valence-corrected chi connectivity index (χ0v) is 18.8. The Labute approximate surface area is 183 Å². The Morgan fingerprint density at radius 1 is 1.33 bits per heavy atom. The Kier molecular flexibility index (Phi) is 3.77. The van der Waals surface area contributed by atoms with Crippen LogP contribution in [0.25, 0.3) is 0 Å². The number of isothiocyanates is 1. The highest BCUT2D eigenvalue weighted by atomic mass is 32.1. The van der Waals surface area contributed by atoms with E-state index in [1.807, 2.05) is 7.11 Å². The second kappa shape index (κ2) is 5.95. The van der Waals surface area contributed by atoms with Gasteiger partial charge in [-0.05, 0) is 63.6 Å². The number of fused-ring (bicyclic) bond motifs is 1. The molecule has 4 aliphatic carbocycles. The van der Waals surface area contributed by atoms with Crippen molar-refractivity contribution >= 4 is 17.4 Å². The van der Waals surface area contributed by atoms with Crippen molar-refractivity contribution in [1.82, 2.24) is 4.90 Å². The van der Waals surface area contributed by atoms with Gasteiger partial charge in [0.2, 0.25) is 0 Å². The summed E-state index contributed by atoms with van der Waals surface area (Å²) in [6, 6.07) is 4.78. The van der Waals surface area contributed by atoms with Gasteiger partial charge in [-0.1, -0.05) is 18.2 Å². The van der Waals surface area contributed by atoms with Crippen molar-refractivity contribution < 1.29 is 14.2 Å². The van der Waals surface area contributed by atoms with Crippen LogP contribution in [0.1, 0.15) is 30.9 Å². The average Bonchev–Trinajstić information content (AvgIpc) is 3.13. The van der Waals surface area contributed by atoms with Crippen LogP contribution in [0.3, 0.4) is 0 Å². The van der Waals surface area contributed by atoms with Crippen molar-refractivity contribution in [3.05, 3.63) is 35.4 Å². The fraction of sp³-hybridized carbons (Fsp3) is 0.625. The maximum atomic E-state index is 6.91. The number of likely N-dealkylation sites (N-methyl/N-ethyl adjacent to an activating group) is 1. The van der Waals surface area contributed by atoms with E-state index in [-0.39, 0.29) is 28.9 Å². The molecule has 158 valence electrons. The molecule has 4 bridgehead atoms. The van der Waals surface area contributed by atoms with E-state index in [0.717, 1.165) is 37.3 Å².